The van der Waals surface area contributed by atoms with Gasteiger partial charge in [0.05, 0.1) is 6.54 Å². The second-order valence-corrected chi connectivity index (χ2v) is 17.4. The number of benzene rings is 4. The molecule has 1 fully saturated rings. The van der Waals surface area contributed by atoms with Crippen molar-refractivity contribution in [3.63, 3.8) is 0 Å². The quantitative estimate of drug-likeness (QED) is 0.0253. The number of guanidine groups is 1. The molecule has 0 saturated heterocycles. The number of hydrogen-bond donors (Lipinski definition) is 9. The Balaban J connectivity index is 1.25. The first-order valence-corrected chi connectivity index (χ1v) is 23.5. The van der Waals surface area contributed by atoms with Crippen LogP contribution in [-0.4, -0.2) is 83.1 Å². The number of nitrogens with two attached hydrogens (primary N) is 2. The summed E-state index contributed by atoms with van der Waals surface area (Å²) in [6.07, 6.45) is 5.77. The lowest BCUT2D eigenvalue weighted by Crippen LogP contribution is -2.64. The third-order valence-corrected chi connectivity index (χ3v) is 12.3. The van der Waals surface area contributed by atoms with E-state index in [0.717, 1.165) is 27.7 Å². The molecule has 4 aromatic carbocycles. The third-order valence-electron chi connectivity index (χ3n) is 12.3. The second kappa shape index (κ2) is 24.9. The highest BCUT2D eigenvalue weighted by Crippen LogP contribution is 2.38. The van der Waals surface area contributed by atoms with Gasteiger partial charge in [0.15, 0.2) is 5.96 Å². The number of hydrogen-bond acceptors (Lipinski definition) is 7. The first-order valence-electron chi connectivity index (χ1n) is 23.5. The van der Waals surface area contributed by atoms with Crippen molar-refractivity contribution < 1.29 is 28.8 Å². The van der Waals surface area contributed by atoms with E-state index in [1.165, 1.54) is 5.56 Å². The van der Waals surface area contributed by atoms with E-state index in [9.17, 15) is 28.8 Å². The van der Waals surface area contributed by atoms with Crippen molar-refractivity contribution in [2.24, 2.45) is 16.5 Å². The number of aromatic nitrogens is 1. The minimum Gasteiger partial charge on any atom is -0.370 e. The van der Waals surface area contributed by atoms with Crippen molar-refractivity contribution in [1.29, 1.82) is 0 Å². The van der Waals surface area contributed by atoms with Crippen molar-refractivity contribution >= 4 is 58.0 Å². The number of anilines is 1. The van der Waals surface area contributed by atoms with E-state index in [4.69, 9.17) is 11.5 Å². The second-order valence-electron chi connectivity index (χ2n) is 17.4. The maximum Gasteiger partial charge on any atom is 0.246 e. The van der Waals surface area contributed by atoms with Crippen LogP contribution in [-0.2, 0) is 41.6 Å². The van der Waals surface area contributed by atoms with Crippen LogP contribution in [0.2, 0.25) is 0 Å². The van der Waals surface area contributed by atoms with E-state index in [2.05, 4.69) is 54.0 Å². The number of aliphatic imine (C=N–C) groups is 1. The van der Waals surface area contributed by atoms with E-state index >= 15 is 0 Å². The Morgan fingerprint density at radius 2 is 1.34 bits per heavy atom. The fraction of sp³-hybridized carbons (Fsp3) is 0.365. The van der Waals surface area contributed by atoms with Crippen LogP contribution in [0.15, 0.2) is 126 Å². The number of H-pyrrole nitrogens is 1. The lowest BCUT2D eigenvalue weighted by Gasteiger charge is -2.40. The lowest BCUT2D eigenvalue weighted by atomic mass is 9.73. The highest BCUT2D eigenvalue weighted by Gasteiger charge is 2.44. The number of carbonyl (C=O) groups excluding carboxylic acids is 6. The van der Waals surface area contributed by atoms with Gasteiger partial charge in [0.25, 0.3) is 0 Å². The van der Waals surface area contributed by atoms with Gasteiger partial charge in [-0.3, -0.25) is 33.8 Å². The zero-order valence-electron chi connectivity index (χ0n) is 38.6. The molecule has 1 heterocycles. The summed E-state index contributed by atoms with van der Waals surface area (Å²) in [6.45, 7) is 1.77. The molecule has 358 valence electrons. The predicted octanol–water partition coefficient (Wildman–Crippen LogP) is 4.62. The smallest absolute Gasteiger partial charge is 0.246 e. The van der Waals surface area contributed by atoms with Crippen LogP contribution in [0, 0.1) is 0 Å². The summed E-state index contributed by atoms with van der Waals surface area (Å²) >= 11 is 0. The number of aromatic amines is 1. The zero-order chi connectivity index (χ0) is 48.3. The average Bonchev–Trinajstić information content (AvgIpc) is 3.75. The van der Waals surface area contributed by atoms with Gasteiger partial charge in [-0.05, 0) is 92.2 Å². The lowest BCUT2D eigenvalue weighted by molar-refractivity contribution is -0.138. The van der Waals surface area contributed by atoms with E-state index in [1.54, 1.807) is 6.20 Å². The number of rotatable bonds is 23. The molecule has 0 bridgehead atoms. The molecule has 6 rings (SSSR count). The van der Waals surface area contributed by atoms with Crippen molar-refractivity contribution in [1.82, 2.24) is 31.6 Å². The van der Waals surface area contributed by atoms with Crippen molar-refractivity contribution in [3.05, 3.63) is 138 Å². The summed E-state index contributed by atoms with van der Waals surface area (Å²) in [7, 11) is 0. The van der Waals surface area contributed by atoms with Crippen LogP contribution in [0.3, 0.4) is 0 Å². The molecule has 3 atom stereocenters. The molecule has 1 saturated carbocycles. The van der Waals surface area contributed by atoms with Crippen LogP contribution in [0.5, 0.6) is 0 Å². The summed E-state index contributed by atoms with van der Waals surface area (Å²) in [6, 6.07) is 32.7. The fourth-order valence-corrected chi connectivity index (χ4v) is 8.70. The molecule has 1 aromatic heterocycles. The molecule has 6 amide bonds. The summed E-state index contributed by atoms with van der Waals surface area (Å²) in [5.74, 6) is -2.99. The van der Waals surface area contributed by atoms with Gasteiger partial charge in [0.1, 0.15) is 23.7 Å². The highest BCUT2D eigenvalue weighted by molar-refractivity contribution is 5.98. The Morgan fingerprint density at radius 1 is 0.721 bits per heavy atom. The number of unbranched alkanes of at least 4 members (excludes halogenated alkanes) is 1. The molecule has 1 aliphatic rings. The number of amides is 6. The minimum absolute atomic E-state index is 0.0487. The third kappa shape index (κ3) is 14.5. The summed E-state index contributed by atoms with van der Waals surface area (Å²) in [4.78, 5) is 90.3. The van der Waals surface area contributed by atoms with Gasteiger partial charge in [0, 0.05) is 48.6 Å². The van der Waals surface area contributed by atoms with Gasteiger partial charge in [-0.2, -0.15) is 0 Å². The number of primary amides is 1. The number of fused-ring (bicyclic) bond motifs is 1. The number of nitrogens with zero attached hydrogens (tertiary/aromatic N) is 1. The van der Waals surface area contributed by atoms with Gasteiger partial charge in [-0.15, -0.1) is 0 Å². The molecule has 0 spiro atoms. The molecule has 16 nitrogen and oxygen atoms in total. The molecule has 11 N–H and O–H groups in total. The summed E-state index contributed by atoms with van der Waals surface area (Å²) < 4.78 is 0. The standard InChI is InChI=1S/C52H64N10O6/c1-2-16-46(64)62-52(28-26-37(27-29-52)36-19-8-4-9-20-36)50(68)61-43(31-35-17-6-3-7-18-35)49(67)59-42(25-14-15-30-55-51(54)58-39-21-10-5-11-22-39)48(66)60-44(47(65)57-34-45(53)63)32-38-33-56-41-24-13-12-23-40(38)41/h3-13,17-24,33,37,42-44,56H,2,14-16,25-32,34H2,1H3,(H2,53,63)(H,57,65)(H,59,67)(H,60,66)(H,61,68)(H,62,64)(H3,54,55,58)/t37?,42-,43+,44-,52?/m0/s1. The van der Waals surface area contributed by atoms with E-state index in [-0.39, 0.29) is 43.5 Å². The molecule has 5 aromatic rings. The average molecular weight is 925 g/mol. The Morgan fingerprint density at radius 3 is 2.03 bits per heavy atom. The first-order chi connectivity index (χ1) is 32.9. The van der Waals surface area contributed by atoms with Crippen LogP contribution >= 0.6 is 0 Å². The largest absolute Gasteiger partial charge is 0.370 e. The monoisotopic (exact) mass is 925 g/mol. The number of para-hydroxylation sites is 2. The SMILES string of the molecule is CCCC(=O)NC1(C(=O)N[C@H](Cc2ccccc2)C(=O)N[C@@H](CCCCN=C(N)Nc2ccccc2)C(=O)N[C@@H](Cc2c[nH]c3ccccc23)C(=O)NCC(N)=O)CCC(c2ccccc2)CC1. The van der Waals surface area contributed by atoms with Crippen molar-refractivity contribution in [2.45, 2.75) is 107 Å². The molecule has 68 heavy (non-hydrogen) atoms. The maximum absolute atomic E-state index is 14.7. The van der Waals surface area contributed by atoms with Crippen LogP contribution < -0.4 is 43.4 Å². The normalized spacial score (nSPS) is 17.2. The van der Waals surface area contributed by atoms with E-state index in [0.29, 0.717) is 51.5 Å². The molecule has 0 aliphatic heterocycles. The van der Waals surface area contributed by atoms with Crippen LogP contribution in [0.25, 0.3) is 10.9 Å². The van der Waals surface area contributed by atoms with Crippen LogP contribution in [0.1, 0.15) is 87.3 Å². The van der Waals surface area contributed by atoms with Gasteiger partial charge in [-0.25, -0.2) is 0 Å². The van der Waals surface area contributed by atoms with Gasteiger partial charge >= 0.3 is 0 Å². The first kappa shape index (κ1) is 49.9. The summed E-state index contributed by atoms with van der Waals surface area (Å²) in [5.41, 5.74) is 14.5. The van der Waals surface area contributed by atoms with Gasteiger partial charge in [-0.1, -0.05) is 104 Å². The molecular weight excluding hydrogens is 861 g/mol. The van der Waals surface area contributed by atoms with Crippen LogP contribution in [0.4, 0.5) is 5.69 Å². The predicted molar refractivity (Wildman–Crippen MR) is 264 cm³/mol. The topological polar surface area (TPSA) is 255 Å². The molecule has 1 aliphatic carbocycles. The van der Waals surface area contributed by atoms with E-state index in [1.807, 2.05) is 110 Å². The molecular formula is C52H64N10O6. The van der Waals surface area contributed by atoms with E-state index < -0.39 is 59.7 Å². The molecule has 0 unspecified atom stereocenters. The zero-order valence-corrected chi connectivity index (χ0v) is 38.6. The minimum atomic E-state index is -1.27. The van der Waals surface area contributed by atoms with Gasteiger partial charge < -0.3 is 48.4 Å². The Kier molecular flexibility index (Phi) is 18.3. The number of carbonyl (C=O) groups is 6. The van der Waals surface area contributed by atoms with Crippen molar-refractivity contribution in [2.75, 3.05) is 18.4 Å². The molecule has 0 radical (unpaired) electrons. The van der Waals surface area contributed by atoms with Crippen molar-refractivity contribution in [3.8, 4) is 0 Å². The summed E-state index contributed by atoms with van der Waals surface area (Å²) in [5, 5.41) is 18.3. The van der Waals surface area contributed by atoms with Gasteiger partial charge in [0.2, 0.25) is 35.4 Å². The highest BCUT2D eigenvalue weighted by atomic mass is 16.2. The number of nitrogens with one attached hydrogen (secondary N) is 7. The molecule has 16 heteroatoms. The fourth-order valence-electron chi connectivity index (χ4n) is 8.70. The Hall–Kier alpha value is -7.49. The Labute approximate surface area is 397 Å². The Bertz CT molecular complexity index is 2490. The maximum atomic E-state index is 14.7.